The molecule has 1 saturated carbocycles. The van der Waals surface area contributed by atoms with Crippen molar-refractivity contribution in [3.63, 3.8) is 0 Å². The zero-order chi connectivity index (χ0) is 11.2. The fourth-order valence-corrected chi connectivity index (χ4v) is 3.87. The minimum absolute atomic E-state index is 0.835. The van der Waals surface area contributed by atoms with Gasteiger partial charge in [-0.3, -0.25) is 0 Å². The lowest BCUT2D eigenvalue weighted by Gasteiger charge is -2.30. The van der Waals surface area contributed by atoms with E-state index in [4.69, 9.17) is 0 Å². The number of nitrogens with one attached hydrogen (secondary N) is 1. The molecule has 1 aromatic carbocycles. The van der Waals surface area contributed by atoms with Crippen LogP contribution in [0.1, 0.15) is 31.2 Å². The maximum atomic E-state index is 3.54. The zero-order valence-corrected chi connectivity index (χ0v) is 10.3. The van der Waals surface area contributed by atoms with Crippen LogP contribution < -0.4 is 10.2 Å². The molecule has 0 spiro atoms. The Kier molecular flexibility index (Phi) is 2.11. The second-order valence-electron chi connectivity index (χ2n) is 5.86. The predicted octanol–water partition coefficient (Wildman–Crippen LogP) is 3.03. The van der Waals surface area contributed by atoms with Crippen LogP contribution in [0.2, 0.25) is 0 Å². The Balaban J connectivity index is 1.66. The molecule has 0 radical (unpaired) electrons. The van der Waals surface area contributed by atoms with Gasteiger partial charge in [0.2, 0.25) is 0 Å². The molecule has 17 heavy (non-hydrogen) atoms. The fraction of sp³-hybridized carbons (Fsp3) is 0.600. The average molecular weight is 228 g/mol. The Labute approximate surface area is 103 Å². The Bertz CT molecular complexity index is 441. The van der Waals surface area contributed by atoms with Crippen molar-refractivity contribution in [3.8, 4) is 0 Å². The third kappa shape index (κ3) is 1.54. The molecule has 2 fully saturated rings. The van der Waals surface area contributed by atoms with Crippen molar-refractivity contribution in [2.45, 2.75) is 38.1 Å². The van der Waals surface area contributed by atoms with Gasteiger partial charge >= 0.3 is 0 Å². The smallest absolute Gasteiger partial charge is 0.0393 e. The molecule has 90 valence electrons. The van der Waals surface area contributed by atoms with Crippen LogP contribution in [0.25, 0.3) is 0 Å². The van der Waals surface area contributed by atoms with E-state index in [9.17, 15) is 0 Å². The summed E-state index contributed by atoms with van der Waals surface area (Å²) in [5, 5.41) is 3.54. The van der Waals surface area contributed by atoms with Gasteiger partial charge in [-0.1, -0.05) is 6.07 Å². The van der Waals surface area contributed by atoms with Gasteiger partial charge in [0, 0.05) is 30.5 Å². The zero-order valence-electron chi connectivity index (χ0n) is 10.3. The lowest BCUT2D eigenvalue weighted by molar-refractivity contribution is 0.553. The van der Waals surface area contributed by atoms with Crippen molar-refractivity contribution in [2.24, 2.45) is 5.92 Å². The molecule has 1 aliphatic carbocycles. The SMILES string of the molecule is c1cc2c(cc1N1CC3CCC1C3)NCCC2. The van der Waals surface area contributed by atoms with Gasteiger partial charge in [-0.15, -0.1) is 0 Å². The molecular formula is C15H20N2. The van der Waals surface area contributed by atoms with Crippen molar-refractivity contribution in [3.05, 3.63) is 23.8 Å². The molecule has 2 atom stereocenters. The Morgan fingerprint density at radius 2 is 2.24 bits per heavy atom. The molecule has 1 aromatic rings. The van der Waals surface area contributed by atoms with E-state index in [0.717, 1.165) is 18.5 Å². The molecular weight excluding hydrogens is 208 g/mol. The molecule has 2 nitrogen and oxygen atoms in total. The number of fused-ring (bicyclic) bond motifs is 3. The maximum absolute atomic E-state index is 3.54. The monoisotopic (exact) mass is 228 g/mol. The topological polar surface area (TPSA) is 15.3 Å². The summed E-state index contributed by atoms with van der Waals surface area (Å²) in [6, 6.07) is 7.89. The van der Waals surface area contributed by atoms with Gasteiger partial charge in [-0.25, -0.2) is 0 Å². The third-order valence-corrected chi connectivity index (χ3v) is 4.77. The number of anilines is 2. The molecule has 0 amide bonds. The van der Waals surface area contributed by atoms with Crippen LogP contribution in [0.4, 0.5) is 11.4 Å². The summed E-state index contributed by atoms with van der Waals surface area (Å²) in [7, 11) is 0. The quantitative estimate of drug-likeness (QED) is 0.795. The van der Waals surface area contributed by atoms with Crippen LogP contribution in [-0.4, -0.2) is 19.1 Å². The van der Waals surface area contributed by atoms with Crippen LogP contribution in [0.3, 0.4) is 0 Å². The van der Waals surface area contributed by atoms with Crippen molar-refractivity contribution in [1.29, 1.82) is 0 Å². The minimum atomic E-state index is 0.835. The summed E-state index contributed by atoms with van der Waals surface area (Å²) < 4.78 is 0. The second-order valence-corrected chi connectivity index (χ2v) is 5.86. The van der Waals surface area contributed by atoms with E-state index >= 15 is 0 Å². The molecule has 2 unspecified atom stereocenters. The fourth-order valence-electron chi connectivity index (χ4n) is 3.87. The standard InChI is InChI=1S/C15H20N2/c1-2-12-4-6-14(9-15(12)16-7-1)17-10-11-3-5-13(17)8-11/h4,6,9,11,13,16H,1-3,5,7-8,10H2. The highest BCUT2D eigenvalue weighted by Crippen LogP contribution is 2.41. The van der Waals surface area contributed by atoms with Crippen LogP contribution >= 0.6 is 0 Å². The highest BCUT2D eigenvalue weighted by Gasteiger charge is 2.37. The third-order valence-electron chi connectivity index (χ3n) is 4.77. The number of nitrogens with zero attached hydrogens (tertiary/aromatic N) is 1. The van der Waals surface area contributed by atoms with E-state index in [-0.39, 0.29) is 0 Å². The van der Waals surface area contributed by atoms with Gasteiger partial charge in [-0.2, -0.15) is 0 Å². The van der Waals surface area contributed by atoms with Crippen LogP contribution in [0.15, 0.2) is 18.2 Å². The largest absolute Gasteiger partial charge is 0.385 e. The first-order valence-electron chi connectivity index (χ1n) is 7.03. The van der Waals surface area contributed by atoms with Crippen LogP contribution in [0.5, 0.6) is 0 Å². The van der Waals surface area contributed by atoms with Gasteiger partial charge < -0.3 is 10.2 Å². The van der Waals surface area contributed by atoms with E-state index < -0.39 is 0 Å². The molecule has 2 bridgehead atoms. The molecule has 1 N–H and O–H groups in total. The van der Waals surface area contributed by atoms with E-state index in [1.807, 2.05) is 0 Å². The molecule has 1 saturated heterocycles. The normalized spacial score (nSPS) is 30.2. The summed E-state index contributed by atoms with van der Waals surface area (Å²) in [5.74, 6) is 0.976. The van der Waals surface area contributed by atoms with E-state index in [2.05, 4.69) is 28.4 Å². The number of aryl methyl sites for hydroxylation is 1. The van der Waals surface area contributed by atoms with Crippen molar-refractivity contribution in [1.82, 2.24) is 0 Å². The summed E-state index contributed by atoms with van der Waals surface area (Å²) in [6.07, 6.45) is 6.83. The number of piperidine rings is 1. The summed E-state index contributed by atoms with van der Waals surface area (Å²) in [5.41, 5.74) is 4.34. The number of hydrogen-bond donors (Lipinski definition) is 1. The van der Waals surface area contributed by atoms with Crippen molar-refractivity contribution in [2.75, 3.05) is 23.3 Å². The van der Waals surface area contributed by atoms with Gasteiger partial charge in [0.1, 0.15) is 0 Å². The predicted molar refractivity (Wildman–Crippen MR) is 71.7 cm³/mol. The first kappa shape index (κ1) is 9.81. The second kappa shape index (κ2) is 3.66. The number of hydrogen-bond acceptors (Lipinski definition) is 2. The van der Waals surface area contributed by atoms with E-state index in [1.54, 1.807) is 0 Å². The molecule has 0 aromatic heterocycles. The first-order chi connectivity index (χ1) is 8.40. The highest BCUT2D eigenvalue weighted by atomic mass is 15.2. The highest BCUT2D eigenvalue weighted by molar-refractivity contribution is 5.64. The van der Waals surface area contributed by atoms with Crippen LogP contribution in [0, 0.1) is 5.92 Å². The average Bonchev–Trinajstić information content (AvgIpc) is 3.00. The first-order valence-corrected chi connectivity index (χ1v) is 7.03. The molecule has 2 heterocycles. The Hall–Kier alpha value is -1.18. The van der Waals surface area contributed by atoms with Gasteiger partial charge in [0.05, 0.1) is 0 Å². The Morgan fingerprint density at radius 1 is 1.24 bits per heavy atom. The summed E-state index contributed by atoms with van der Waals surface area (Å²) in [6.45, 7) is 2.44. The van der Waals surface area contributed by atoms with E-state index in [1.165, 1.54) is 55.6 Å². The Morgan fingerprint density at radius 3 is 3.06 bits per heavy atom. The summed E-state index contributed by atoms with van der Waals surface area (Å²) in [4.78, 5) is 2.64. The van der Waals surface area contributed by atoms with Gasteiger partial charge in [0.15, 0.2) is 0 Å². The molecule has 2 heteroatoms. The van der Waals surface area contributed by atoms with Crippen molar-refractivity contribution >= 4 is 11.4 Å². The van der Waals surface area contributed by atoms with E-state index in [0.29, 0.717) is 0 Å². The van der Waals surface area contributed by atoms with Crippen molar-refractivity contribution < 1.29 is 0 Å². The lowest BCUT2D eigenvalue weighted by Crippen LogP contribution is -2.31. The van der Waals surface area contributed by atoms with Gasteiger partial charge in [-0.05, 0) is 55.7 Å². The number of benzene rings is 1. The maximum Gasteiger partial charge on any atom is 0.0393 e. The molecule has 2 aliphatic heterocycles. The minimum Gasteiger partial charge on any atom is -0.385 e. The summed E-state index contributed by atoms with van der Waals surface area (Å²) >= 11 is 0. The number of rotatable bonds is 1. The van der Waals surface area contributed by atoms with Gasteiger partial charge in [0.25, 0.3) is 0 Å². The molecule has 4 rings (SSSR count). The lowest BCUT2D eigenvalue weighted by atomic mass is 10.0. The van der Waals surface area contributed by atoms with Crippen LogP contribution in [-0.2, 0) is 6.42 Å². The molecule has 3 aliphatic rings.